The number of ether oxygens (including phenoxy) is 1. The highest BCUT2D eigenvalue weighted by Gasteiger charge is 2.28. The summed E-state index contributed by atoms with van der Waals surface area (Å²) in [6.07, 6.45) is 1.25. The van der Waals surface area contributed by atoms with Crippen molar-refractivity contribution in [1.29, 1.82) is 0 Å². The number of amides is 2. The maximum absolute atomic E-state index is 12.2. The lowest BCUT2D eigenvalue weighted by Gasteiger charge is -2.30. The van der Waals surface area contributed by atoms with Crippen LogP contribution in [0.3, 0.4) is 0 Å². The van der Waals surface area contributed by atoms with Gasteiger partial charge in [-0.15, -0.1) is 0 Å². The molecule has 1 unspecified atom stereocenters. The van der Waals surface area contributed by atoms with Crippen molar-refractivity contribution < 1.29 is 14.3 Å². The second-order valence-electron chi connectivity index (χ2n) is 5.11. The van der Waals surface area contributed by atoms with E-state index in [0.29, 0.717) is 13.1 Å². The molecule has 0 bridgehead atoms. The van der Waals surface area contributed by atoms with Crippen LogP contribution < -0.4 is 5.32 Å². The molecule has 108 valence electrons. The molecule has 1 saturated heterocycles. The zero-order chi connectivity index (χ0) is 14.5. The third-order valence-electron chi connectivity index (χ3n) is 3.51. The zero-order valence-electron chi connectivity index (χ0n) is 11.9. The van der Waals surface area contributed by atoms with Crippen LogP contribution in [0.15, 0.2) is 24.3 Å². The van der Waals surface area contributed by atoms with E-state index in [1.54, 1.807) is 4.90 Å². The van der Waals surface area contributed by atoms with E-state index in [9.17, 15) is 9.59 Å². The van der Waals surface area contributed by atoms with Crippen LogP contribution in [-0.4, -0.2) is 37.1 Å². The molecule has 0 spiro atoms. The Kier molecular flexibility index (Phi) is 4.61. The second kappa shape index (κ2) is 6.41. The number of carbonyl (C=O) groups excluding carboxylic acids is 2. The van der Waals surface area contributed by atoms with Crippen molar-refractivity contribution in [3.63, 3.8) is 0 Å². The van der Waals surface area contributed by atoms with Gasteiger partial charge in [0.25, 0.3) is 0 Å². The number of hydrogen-bond acceptors (Lipinski definition) is 3. The average Bonchev–Trinajstić information content (AvgIpc) is 2.46. The van der Waals surface area contributed by atoms with Crippen LogP contribution in [0, 0.1) is 12.8 Å². The monoisotopic (exact) mass is 276 g/mol. The standard InChI is InChI=1S/C15H20N2O3/c1-11-5-3-7-13(9-11)16-14(18)12-6-4-8-17(10-12)15(19)20-2/h3,5,7,9,12H,4,6,8,10H2,1-2H3,(H,16,18). The van der Waals surface area contributed by atoms with E-state index in [2.05, 4.69) is 5.32 Å². The number of aryl methyl sites for hydroxylation is 1. The van der Waals surface area contributed by atoms with E-state index in [0.717, 1.165) is 24.1 Å². The molecule has 0 radical (unpaired) electrons. The van der Waals surface area contributed by atoms with Gasteiger partial charge in [-0.1, -0.05) is 12.1 Å². The predicted molar refractivity (Wildman–Crippen MR) is 76.5 cm³/mol. The molecule has 1 atom stereocenters. The number of benzene rings is 1. The molecule has 1 aliphatic rings. The quantitative estimate of drug-likeness (QED) is 0.902. The van der Waals surface area contributed by atoms with E-state index >= 15 is 0 Å². The van der Waals surface area contributed by atoms with Crippen molar-refractivity contribution in [3.8, 4) is 0 Å². The number of anilines is 1. The van der Waals surface area contributed by atoms with Gasteiger partial charge in [-0.25, -0.2) is 4.79 Å². The van der Waals surface area contributed by atoms with E-state index in [1.807, 2.05) is 31.2 Å². The Labute approximate surface area is 118 Å². The van der Waals surface area contributed by atoms with Gasteiger partial charge in [0, 0.05) is 18.8 Å². The van der Waals surface area contributed by atoms with Crippen LogP contribution in [0.2, 0.25) is 0 Å². The number of methoxy groups -OCH3 is 1. The Morgan fingerprint density at radius 2 is 2.20 bits per heavy atom. The Bertz CT molecular complexity index is 502. The number of likely N-dealkylation sites (tertiary alicyclic amines) is 1. The first kappa shape index (κ1) is 14.4. The Balaban J connectivity index is 1.97. The minimum Gasteiger partial charge on any atom is -0.453 e. The first-order valence-corrected chi connectivity index (χ1v) is 6.80. The molecule has 2 rings (SSSR count). The van der Waals surface area contributed by atoms with Gasteiger partial charge >= 0.3 is 6.09 Å². The maximum atomic E-state index is 12.2. The summed E-state index contributed by atoms with van der Waals surface area (Å²) in [5, 5.41) is 2.91. The third-order valence-corrected chi connectivity index (χ3v) is 3.51. The van der Waals surface area contributed by atoms with Crippen molar-refractivity contribution >= 4 is 17.7 Å². The first-order valence-electron chi connectivity index (χ1n) is 6.80. The Morgan fingerprint density at radius 1 is 1.40 bits per heavy atom. The summed E-state index contributed by atoms with van der Waals surface area (Å²) in [6.45, 7) is 3.06. The fourth-order valence-electron chi connectivity index (χ4n) is 2.45. The topological polar surface area (TPSA) is 58.6 Å². The lowest BCUT2D eigenvalue weighted by Crippen LogP contribution is -2.43. The lowest BCUT2D eigenvalue weighted by molar-refractivity contribution is -0.121. The van der Waals surface area contributed by atoms with Crippen molar-refractivity contribution in [2.24, 2.45) is 5.92 Å². The smallest absolute Gasteiger partial charge is 0.409 e. The van der Waals surface area contributed by atoms with Gasteiger partial charge in [-0.3, -0.25) is 4.79 Å². The molecule has 0 saturated carbocycles. The molecule has 1 aromatic rings. The normalized spacial score (nSPS) is 18.5. The van der Waals surface area contributed by atoms with Gasteiger partial charge in [0.1, 0.15) is 0 Å². The van der Waals surface area contributed by atoms with E-state index in [1.165, 1.54) is 7.11 Å². The van der Waals surface area contributed by atoms with E-state index in [-0.39, 0.29) is 17.9 Å². The summed E-state index contributed by atoms with van der Waals surface area (Å²) in [5.41, 5.74) is 1.90. The van der Waals surface area contributed by atoms with Gasteiger partial charge in [0.15, 0.2) is 0 Å². The van der Waals surface area contributed by atoms with Gasteiger partial charge in [0.2, 0.25) is 5.91 Å². The first-order chi connectivity index (χ1) is 9.60. The van der Waals surface area contributed by atoms with Gasteiger partial charge in [0.05, 0.1) is 13.0 Å². The van der Waals surface area contributed by atoms with Crippen LogP contribution in [-0.2, 0) is 9.53 Å². The highest BCUT2D eigenvalue weighted by Crippen LogP contribution is 2.19. The van der Waals surface area contributed by atoms with Crippen LogP contribution >= 0.6 is 0 Å². The molecule has 0 aliphatic carbocycles. The number of nitrogens with zero attached hydrogens (tertiary/aromatic N) is 1. The molecule has 1 N–H and O–H groups in total. The number of carbonyl (C=O) groups is 2. The summed E-state index contributed by atoms with van der Waals surface area (Å²) < 4.78 is 4.71. The summed E-state index contributed by atoms with van der Waals surface area (Å²) in [7, 11) is 1.36. The molecule has 1 fully saturated rings. The largest absolute Gasteiger partial charge is 0.453 e. The minimum absolute atomic E-state index is 0.0378. The number of rotatable bonds is 2. The minimum atomic E-state index is -0.363. The van der Waals surface area contributed by atoms with Crippen molar-refractivity contribution in [1.82, 2.24) is 4.90 Å². The van der Waals surface area contributed by atoms with Gasteiger partial charge < -0.3 is 15.0 Å². The van der Waals surface area contributed by atoms with Crippen LogP contribution in [0.5, 0.6) is 0 Å². The maximum Gasteiger partial charge on any atom is 0.409 e. The van der Waals surface area contributed by atoms with Crippen LogP contribution in [0.25, 0.3) is 0 Å². The van der Waals surface area contributed by atoms with Crippen molar-refractivity contribution in [3.05, 3.63) is 29.8 Å². The van der Waals surface area contributed by atoms with Crippen LogP contribution in [0.1, 0.15) is 18.4 Å². The van der Waals surface area contributed by atoms with Crippen molar-refractivity contribution in [2.75, 3.05) is 25.5 Å². The molecule has 5 nitrogen and oxygen atoms in total. The molecule has 1 aliphatic heterocycles. The van der Waals surface area contributed by atoms with Gasteiger partial charge in [-0.05, 0) is 37.5 Å². The highest BCUT2D eigenvalue weighted by atomic mass is 16.5. The number of nitrogens with one attached hydrogen (secondary N) is 1. The molecule has 1 heterocycles. The summed E-state index contributed by atoms with van der Waals surface area (Å²) in [4.78, 5) is 25.3. The van der Waals surface area contributed by atoms with E-state index in [4.69, 9.17) is 4.74 Å². The van der Waals surface area contributed by atoms with E-state index < -0.39 is 0 Å². The molecule has 1 aromatic carbocycles. The SMILES string of the molecule is COC(=O)N1CCCC(C(=O)Nc2cccc(C)c2)C1. The van der Waals surface area contributed by atoms with Crippen molar-refractivity contribution in [2.45, 2.75) is 19.8 Å². The molecular weight excluding hydrogens is 256 g/mol. The lowest BCUT2D eigenvalue weighted by atomic mass is 9.97. The summed E-state index contributed by atoms with van der Waals surface area (Å²) >= 11 is 0. The second-order valence-corrected chi connectivity index (χ2v) is 5.11. The average molecular weight is 276 g/mol. The molecular formula is C15H20N2O3. The zero-order valence-corrected chi connectivity index (χ0v) is 11.9. The number of hydrogen-bond donors (Lipinski definition) is 1. The fourth-order valence-corrected chi connectivity index (χ4v) is 2.45. The van der Waals surface area contributed by atoms with Crippen LogP contribution in [0.4, 0.5) is 10.5 Å². The molecule has 2 amide bonds. The Hall–Kier alpha value is -2.04. The summed E-state index contributed by atoms with van der Waals surface area (Å²) in [6, 6.07) is 7.69. The number of piperidine rings is 1. The highest BCUT2D eigenvalue weighted by molar-refractivity contribution is 5.93. The molecule has 20 heavy (non-hydrogen) atoms. The third kappa shape index (κ3) is 3.50. The molecule has 0 aromatic heterocycles. The fraction of sp³-hybridized carbons (Fsp3) is 0.467. The Morgan fingerprint density at radius 3 is 2.90 bits per heavy atom. The van der Waals surface area contributed by atoms with Gasteiger partial charge in [-0.2, -0.15) is 0 Å². The molecule has 5 heteroatoms. The predicted octanol–water partition coefficient (Wildman–Crippen LogP) is 2.41. The summed E-state index contributed by atoms with van der Waals surface area (Å²) in [5.74, 6) is -0.215.